The predicted octanol–water partition coefficient (Wildman–Crippen LogP) is 4.13. The van der Waals surface area contributed by atoms with Gasteiger partial charge in [-0.05, 0) is 53.9 Å². The van der Waals surface area contributed by atoms with Gasteiger partial charge >= 0.3 is 6.18 Å². The highest BCUT2D eigenvalue weighted by Crippen LogP contribution is 2.34. The minimum atomic E-state index is -4.72. The number of hydrogen-bond donors (Lipinski definition) is 3. The molecule has 9 nitrogen and oxygen atoms in total. The van der Waals surface area contributed by atoms with Crippen LogP contribution < -0.4 is 16.2 Å². The molecule has 0 radical (unpaired) electrons. The third-order valence-corrected chi connectivity index (χ3v) is 7.15. The molecule has 0 fully saturated rings. The third kappa shape index (κ3) is 5.11. The zero-order chi connectivity index (χ0) is 28.8. The first kappa shape index (κ1) is 26.8. The average Bonchev–Trinajstić information content (AvgIpc) is 3.26. The van der Waals surface area contributed by atoms with Crippen LogP contribution in [-0.4, -0.2) is 30.0 Å². The molecule has 13 heteroatoms. The van der Waals surface area contributed by atoms with E-state index in [9.17, 15) is 31.2 Å². The van der Waals surface area contributed by atoms with Crippen molar-refractivity contribution < 1.29 is 31.2 Å². The molecule has 5 aromatic rings. The van der Waals surface area contributed by atoms with Crippen LogP contribution in [0.25, 0.3) is 27.4 Å². The maximum atomic E-state index is 13.5. The second-order valence-corrected chi connectivity index (χ2v) is 10.5. The number of primary amides is 1. The number of carbonyl (C=O) groups is 2. The van der Waals surface area contributed by atoms with Crippen molar-refractivity contribution in [2.45, 2.75) is 17.5 Å². The number of primary sulfonamides is 1. The molecule has 0 unspecified atom stereocenters. The normalized spacial score (nSPS) is 12.1. The van der Waals surface area contributed by atoms with Gasteiger partial charge in [-0.2, -0.15) is 18.3 Å². The molecule has 0 aliphatic rings. The summed E-state index contributed by atoms with van der Waals surface area (Å²) in [5, 5.41) is 14.1. The maximum Gasteiger partial charge on any atom is 0.417 e. The van der Waals surface area contributed by atoms with Gasteiger partial charge in [0.1, 0.15) is 0 Å². The molecule has 1 heterocycles. The Hall–Kier alpha value is -4.75. The molecule has 40 heavy (non-hydrogen) atoms. The number of halogens is 3. The molecular formula is C27H20F3N5O4S. The summed E-state index contributed by atoms with van der Waals surface area (Å²) in [5.74, 6) is -1.57. The van der Waals surface area contributed by atoms with Crippen molar-refractivity contribution in [1.82, 2.24) is 9.78 Å². The summed E-state index contributed by atoms with van der Waals surface area (Å²) >= 11 is 0. The summed E-state index contributed by atoms with van der Waals surface area (Å²) in [6.07, 6.45) is -4.90. The Balaban J connectivity index is 1.65. The molecule has 0 bridgehead atoms. The van der Waals surface area contributed by atoms with Gasteiger partial charge in [-0.3, -0.25) is 9.59 Å². The van der Waals surface area contributed by atoms with Crippen molar-refractivity contribution in [3.05, 3.63) is 95.7 Å². The van der Waals surface area contributed by atoms with Gasteiger partial charge in [0.15, 0.2) is 0 Å². The number of rotatable bonds is 6. The minimum Gasteiger partial charge on any atom is -0.369 e. The fraction of sp³-hybridized carbons (Fsp3) is 0.0741. The number of nitrogens with zero attached hydrogens (tertiary/aromatic N) is 2. The highest BCUT2D eigenvalue weighted by Gasteiger charge is 2.34. The Morgan fingerprint density at radius 3 is 2.25 bits per heavy atom. The van der Waals surface area contributed by atoms with Gasteiger partial charge in [-0.25, -0.2) is 18.2 Å². The van der Waals surface area contributed by atoms with E-state index in [2.05, 4.69) is 10.4 Å². The first-order valence-electron chi connectivity index (χ1n) is 11.7. The fourth-order valence-corrected chi connectivity index (χ4v) is 4.97. The standard InChI is InChI=1S/C27H20F3N5O4S/c28-27(29,30)22-4-2-1-3-19(22)26(37)33-16-7-5-15-6-12-20-23(14-24(31)36)34-35(25(20)21(15)13-16)17-8-10-18(11-9-17)40(32,38)39/h1-13H,14H2,(H2,31,36)(H,33,37)(H2,32,38,39). The number of fused-ring (bicyclic) bond motifs is 3. The first-order valence-corrected chi connectivity index (χ1v) is 13.2. The highest BCUT2D eigenvalue weighted by atomic mass is 32.2. The van der Waals surface area contributed by atoms with Crippen molar-refractivity contribution in [2.75, 3.05) is 5.32 Å². The van der Waals surface area contributed by atoms with Crippen LogP contribution in [0.5, 0.6) is 0 Å². The smallest absolute Gasteiger partial charge is 0.369 e. The number of nitrogens with two attached hydrogens (primary N) is 2. The Kier molecular flexibility index (Phi) is 6.56. The van der Waals surface area contributed by atoms with Gasteiger partial charge in [0.2, 0.25) is 15.9 Å². The summed E-state index contributed by atoms with van der Waals surface area (Å²) in [6.45, 7) is 0. The Morgan fingerprint density at radius 1 is 0.925 bits per heavy atom. The summed E-state index contributed by atoms with van der Waals surface area (Å²) in [5.41, 5.74) is 5.35. The summed E-state index contributed by atoms with van der Waals surface area (Å²) in [7, 11) is -3.94. The Morgan fingerprint density at radius 2 is 1.60 bits per heavy atom. The summed E-state index contributed by atoms with van der Waals surface area (Å²) in [4.78, 5) is 24.5. The van der Waals surface area contributed by atoms with Crippen LogP contribution in [0, 0.1) is 0 Å². The molecule has 0 saturated heterocycles. The molecule has 0 saturated carbocycles. The van der Waals surface area contributed by atoms with Gasteiger partial charge in [0, 0.05) is 16.5 Å². The van der Waals surface area contributed by atoms with E-state index in [1.165, 1.54) is 41.1 Å². The second-order valence-electron chi connectivity index (χ2n) is 8.94. The van der Waals surface area contributed by atoms with Crippen LogP contribution >= 0.6 is 0 Å². The van der Waals surface area contributed by atoms with E-state index in [1.807, 2.05) is 0 Å². The monoisotopic (exact) mass is 567 g/mol. The minimum absolute atomic E-state index is 0.112. The Bertz CT molecular complexity index is 1920. The topological polar surface area (TPSA) is 150 Å². The average molecular weight is 568 g/mol. The highest BCUT2D eigenvalue weighted by molar-refractivity contribution is 7.89. The first-order chi connectivity index (χ1) is 18.8. The van der Waals surface area contributed by atoms with Crippen molar-refractivity contribution in [3.63, 3.8) is 0 Å². The van der Waals surface area contributed by atoms with Crippen LogP contribution in [-0.2, 0) is 27.4 Å². The van der Waals surface area contributed by atoms with E-state index in [0.717, 1.165) is 12.1 Å². The van der Waals surface area contributed by atoms with Crippen LogP contribution in [0.2, 0.25) is 0 Å². The van der Waals surface area contributed by atoms with E-state index >= 15 is 0 Å². The molecule has 5 rings (SSSR count). The van der Waals surface area contributed by atoms with Crippen LogP contribution in [0.3, 0.4) is 0 Å². The molecule has 0 spiro atoms. The van der Waals surface area contributed by atoms with Gasteiger partial charge < -0.3 is 11.1 Å². The SMILES string of the molecule is NC(=O)Cc1nn(-c2ccc(S(N)(=O)=O)cc2)c2c1ccc1ccc(NC(=O)c3ccccc3C(F)(F)F)cc12. The van der Waals surface area contributed by atoms with Gasteiger partial charge in [-0.1, -0.05) is 30.3 Å². The van der Waals surface area contributed by atoms with E-state index in [1.54, 1.807) is 30.3 Å². The van der Waals surface area contributed by atoms with E-state index < -0.39 is 39.1 Å². The molecule has 0 atom stereocenters. The number of benzene rings is 4. The molecule has 5 N–H and O–H groups in total. The lowest BCUT2D eigenvalue weighted by Gasteiger charge is -2.13. The summed E-state index contributed by atoms with van der Waals surface area (Å²) in [6, 6.07) is 18.4. The van der Waals surface area contributed by atoms with Gasteiger partial charge in [0.05, 0.1) is 39.3 Å². The molecule has 1 aromatic heterocycles. The van der Waals surface area contributed by atoms with Crippen molar-refractivity contribution >= 4 is 49.2 Å². The van der Waals surface area contributed by atoms with Crippen LogP contribution in [0.4, 0.5) is 18.9 Å². The number of alkyl halides is 3. The van der Waals surface area contributed by atoms with E-state index in [-0.39, 0.29) is 17.0 Å². The molecule has 4 aromatic carbocycles. The van der Waals surface area contributed by atoms with Crippen molar-refractivity contribution in [2.24, 2.45) is 10.9 Å². The van der Waals surface area contributed by atoms with Gasteiger partial charge in [0.25, 0.3) is 5.91 Å². The maximum absolute atomic E-state index is 13.5. The van der Waals surface area contributed by atoms with Crippen molar-refractivity contribution in [1.29, 1.82) is 0 Å². The van der Waals surface area contributed by atoms with E-state index in [4.69, 9.17) is 10.9 Å². The fourth-order valence-electron chi connectivity index (χ4n) is 4.45. The number of hydrogen-bond acceptors (Lipinski definition) is 5. The molecule has 2 amide bonds. The van der Waals surface area contributed by atoms with Crippen LogP contribution in [0.1, 0.15) is 21.6 Å². The molecule has 0 aliphatic heterocycles. The van der Waals surface area contributed by atoms with Crippen LogP contribution in [0.15, 0.2) is 83.8 Å². The van der Waals surface area contributed by atoms with Gasteiger partial charge in [-0.15, -0.1) is 0 Å². The number of carbonyl (C=O) groups excluding carboxylic acids is 2. The quantitative estimate of drug-likeness (QED) is 0.282. The molecular weight excluding hydrogens is 547 g/mol. The predicted molar refractivity (Wildman–Crippen MR) is 142 cm³/mol. The lowest BCUT2D eigenvalue weighted by atomic mass is 10.0. The molecule has 204 valence electrons. The lowest BCUT2D eigenvalue weighted by molar-refractivity contribution is -0.137. The number of nitrogens with one attached hydrogen (secondary N) is 1. The Labute approximate surface area is 225 Å². The zero-order valence-corrected chi connectivity index (χ0v) is 21.3. The zero-order valence-electron chi connectivity index (χ0n) is 20.4. The molecule has 0 aliphatic carbocycles. The number of amides is 2. The number of sulfonamides is 1. The third-order valence-electron chi connectivity index (χ3n) is 6.22. The largest absolute Gasteiger partial charge is 0.417 e. The van der Waals surface area contributed by atoms with Crippen molar-refractivity contribution in [3.8, 4) is 5.69 Å². The summed E-state index contributed by atoms with van der Waals surface area (Å²) < 4.78 is 65.3. The number of aromatic nitrogens is 2. The van der Waals surface area contributed by atoms with E-state index in [0.29, 0.717) is 33.1 Å². The number of anilines is 1. The lowest BCUT2D eigenvalue weighted by Crippen LogP contribution is -2.18. The second kappa shape index (κ2) is 9.77.